The molecule has 0 aliphatic heterocycles. The third-order valence-electron chi connectivity index (χ3n) is 3.51. The third-order valence-corrected chi connectivity index (χ3v) is 4.54. The number of hydrogen-bond donors (Lipinski definition) is 2. The van der Waals surface area contributed by atoms with Crippen LogP contribution in [0.4, 0.5) is 11.8 Å². The van der Waals surface area contributed by atoms with Crippen molar-refractivity contribution in [2.24, 2.45) is 5.92 Å². The monoisotopic (exact) mass is 338 g/mol. The highest BCUT2D eigenvalue weighted by atomic mass is 32.1. The quantitative estimate of drug-likeness (QED) is 0.644. The summed E-state index contributed by atoms with van der Waals surface area (Å²) >= 11 is 1.76. The van der Waals surface area contributed by atoms with Crippen molar-refractivity contribution >= 4 is 23.1 Å². The van der Waals surface area contributed by atoms with Gasteiger partial charge in [-0.2, -0.15) is 4.98 Å². The van der Waals surface area contributed by atoms with Gasteiger partial charge < -0.3 is 10.6 Å². The predicted molar refractivity (Wildman–Crippen MR) is 102 cm³/mol. The molecule has 5 heteroatoms. The molecule has 4 nitrogen and oxygen atoms in total. The van der Waals surface area contributed by atoms with Crippen LogP contribution in [0, 0.1) is 5.92 Å². The van der Waals surface area contributed by atoms with Gasteiger partial charge in [0.15, 0.2) is 0 Å². The summed E-state index contributed by atoms with van der Waals surface area (Å²) in [5, 5.41) is 8.79. The zero-order chi connectivity index (χ0) is 16.8. The zero-order valence-corrected chi connectivity index (χ0v) is 14.8. The lowest BCUT2D eigenvalue weighted by molar-refractivity contribution is 0.687. The van der Waals surface area contributed by atoms with Crippen molar-refractivity contribution in [1.29, 1.82) is 0 Å². The Morgan fingerprint density at radius 3 is 2.71 bits per heavy atom. The van der Waals surface area contributed by atoms with E-state index in [1.165, 1.54) is 16.0 Å². The molecule has 0 saturated carbocycles. The van der Waals surface area contributed by atoms with E-state index in [1.54, 1.807) is 17.5 Å². The van der Waals surface area contributed by atoms with Crippen molar-refractivity contribution in [2.45, 2.75) is 20.4 Å². The largest absolute Gasteiger partial charge is 0.370 e. The molecule has 124 valence electrons. The van der Waals surface area contributed by atoms with E-state index in [1.807, 2.05) is 12.1 Å². The summed E-state index contributed by atoms with van der Waals surface area (Å²) in [6.45, 7) is 5.97. The Hall–Kier alpha value is -2.40. The summed E-state index contributed by atoms with van der Waals surface area (Å²) in [6.07, 6.45) is 1.78. The minimum atomic E-state index is 0.582. The molecule has 0 spiro atoms. The standard InChI is InChI=1S/C19H22N4S/c1-14(2)11-21-18-8-9-20-19(23-18)22-12-15-10-17(24-13-15)16-6-4-3-5-7-16/h3-10,13-14H,11-12H2,1-2H3,(H2,20,21,22,23). The molecule has 2 aromatic heterocycles. The second kappa shape index (κ2) is 7.93. The Kier molecular flexibility index (Phi) is 5.43. The number of thiophene rings is 1. The average Bonchev–Trinajstić information content (AvgIpc) is 3.08. The second-order valence-electron chi connectivity index (χ2n) is 6.08. The molecule has 0 saturated heterocycles. The summed E-state index contributed by atoms with van der Waals surface area (Å²) in [6, 6.07) is 14.6. The SMILES string of the molecule is CC(C)CNc1ccnc(NCc2csc(-c3ccccc3)c2)n1. The van der Waals surface area contributed by atoms with Crippen LogP contribution in [0.1, 0.15) is 19.4 Å². The van der Waals surface area contributed by atoms with Crippen molar-refractivity contribution in [3.63, 3.8) is 0 Å². The summed E-state index contributed by atoms with van der Waals surface area (Å²) < 4.78 is 0. The average molecular weight is 338 g/mol. The van der Waals surface area contributed by atoms with Crippen LogP contribution in [0.15, 0.2) is 54.0 Å². The van der Waals surface area contributed by atoms with Gasteiger partial charge in [0.25, 0.3) is 0 Å². The number of aromatic nitrogens is 2. The molecule has 3 rings (SSSR count). The van der Waals surface area contributed by atoms with E-state index in [0.29, 0.717) is 11.9 Å². The Balaban J connectivity index is 1.60. The molecule has 0 bridgehead atoms. The first-order chi connectivity index (χ1) is 11.7. The normalized spacial score (nSPS) is 10.8. The number of nitrogens with one attached hydrogen (secondary N) is 2. The topological polar surface area (TPSA) is 49.8 Å². The molecule has 0 unspecified atom stereocenters. The molecule has 3 aromatic rings. The predicted octanol–water partition coefficient (Wildman–Crippen LogP) is 4.89. The Labute approximate surface area is 147 Å². The zero-order valence-electron chi connectivity index (χ0n) is 14.0. The smallest absolute Gasteiger partial charge is 0.224 e. The lowest BCUT2D eigenvalue weighted by Crippen LogP contribution is -2.10. The third kappa shape index (κ3) is 4.55. The first kappa shape index (κ1) is 16.5. The van der Waals surface area contributed by atoms with Crippen molar-refractivity contribution in [3.05, 3.63) is 59.6 Å². The highest BCUT2D eigenvalue weighted by Crippen LogP contribution is 2.27. The van der Waals surface area contributed by atoms with Crippen LogP contribution in [0.25, 0.3) is 10.4 Å². The van der Waals surface area contributed by atoms with E-state index >= 15 is 0 Å². The molecular formula is C19H22N4S. The van der Waals surface area contributed by atoms with Gasteiger partial charge in [0, 0.05) is 24.2 Å². The number of benzene rings is 1. The molecule has 0 atom stereocenters. The molecule has 2 heterocycles. The van der Waals surface area contributed by atoms with Crippen LogP contribution in [-0.4, -0.2) is 16.5 Å². The van der Waals surface area contributed by atoms with E-state index in [-0.39, 0.29) is 0 Å². The van der Waals surface area contributed by atoms with Crippen molar-refractivity contribution in [2.75, 3.05) is 17.2 Å². The summed E-state index contributed by atoms with van der Waals surface area (Å²) in [5.41, 5.74) is 2.49. The van der Waals surface area contributed by atoms with Gasteiger partial charge >= 0.3 is 0 Å². The van der Waals surface area contributed by atoms with Crippen LogP contribution >= 0.6 is 11.3 Å². The van der Waals surface area contributed by atoms with Gasteiger partial charge in [-0.1, -0.05) is 44.2 Å². The molecule has 2 N–H and O–H groups in total. The van der Waals surface area contributed by atoms with Crippen LogP contribution in [0.5, 0.6) is 0 Å². The van der Waals surface area contributed by atoms with Crippen LogP contribution in [0.2, 0.25) is 0 Å². The molecule has 0 aliphatic carbocycles. The maximum atomic E-state index is 4.49. The highest BCUT2D eigenvalue weighted by molar-refractivity contribution is 7.13. The second-order valence-corrected chi connectivity index (χ2v) is 6.99. The fourth-order valence-corrected chi connectivity index (χ4v) is 3.18. The molecule has 0 aliphatic rings. The minimum Gasteiger partial charge on any atom is -0.370 e. The van der Waals surface area contributed by atoms with Crippen LogP contribution in [-0.2, 0) is 6.54 Å². The van der Waals surface area contributed by atoms with Gasteiger partial charge in [0.1, 0.15) is 5.82 Å². The summed E-state index contributed by atoms with van der Waals surface area (Å²) in [7, 11) is 0. The molecule has 0 fully saturated rings. The first-order valence-corrected chi connectivity index (χ1v) is 9.02. The summed E-state index contributed by atoms with van der Waals surface area (Å²) in [5.74, 6) is 2.09. The van der Waals surface area contributed by atoms with Crippen molar-refractivity contribution in [1.82, 2.24) is 9.97 Å². The molecule has 0 amide bonds. The van der Waals surface area contributed by atoms with Crippen LogP contribution < -0.4 is 10.6 Å². The van der Waals surface area contributed by atoms with E-state index < -0.39 is 0 Å². The Bertz CT molecular complexity index is 768. The van der Waals surface area contributed by atoms with Crippen LogP contribution in [0.3, 0.4) is 0 Å². The Morgan fingerprint density at radius 2 is 1.92 bits per heavy atom. The highest BCUT2D eigenvalue weighted by Gasteiger charge is 2.04. The van der Waals surface area contributed by atoms with Gasteiger partial charge in [0.05, 0.1) is 0 Å². The van der Waals surface area contributed by atoms with E-state index in [2.05, 4.69) is 70.2 Å². The molecule has 24 heavy (non-hydrogen) atoms. The molecule has 1 aromatic carbocycles. The van der Waals surface area contributed by atoms with Gasteiger partial charge in [-0.3, -0.25) is 0 Å². The number of rotatable bonds is 7. The van der Waals surface area contributed by atoms with Gasteiger partial charge in [0.2, 0.25) is 5.95 Å². The van der Waals surface area contributed by atoms with Gasteiger partial charge in [-0.15, -0.1) is 11.3 Å². The lowest BCUT2D eigenvalue weighted by atomic mass is 10.2. The number of anilines is 2. The van der Waals surface area contributed by atoms with Crippen molar-refractivity contribution in [3.8, 4) is 10.4 Å². The van der Waals surface area contributed by atoms with E-state index in [0.717, 1.165) is 18.9 Å². The number of nitrogens with zero attached hydrogens (tertiary/aromatic N) is 2. The first-order valence-electron chi connectivity index (χ1n) is 8.14. The Morgan fingerprint density at radius 1 is 1.08 bits per heavy atom. The summed E-state index contributed by atoms with van der Waals surface area (Å²) in [4.78, 5) is 10.1. The van der Waals surface area contributed by atoms with Gasteiger partial charge in [-0.05, 0) is 34.6 Å². The van der Waals surface area contributed by atoms with Crippen molar-refractivity contribution < 1.29 is 0 Å². The fourth-order valence-electron chi connectivity index (χ4n) is 2.25. The van der Waals surface area contributed by atoms with E-state index in [9.17, 15) is 0 Å². The maximum Gasteiger partial charge on any atom is 0.224 e. The maximum absolute atomic E-state index is 4.49. The van der Waals surface area contributed by atoms with E-state index in [4.69, 9.17) is 0 Å². The minimum absolute atomic E-state index is 0.582. The lowest BCUT2D eigenvalue weighted by Gasteiger charge is -2.09. The van der Waals surface area contributed by atoms with Gasteiger partial charge in [-0.25, -0.2) is 4.98 Å². The molecular weight excluding hydrogens is 316 g/mol. The fraction of sp³-hybridized carbons (Fsp3) is 0.263. The molecule has 0 radical (unpaired) electrons. The number of hydrogen-bond acceptors (Lipinski definition) is 5.